The molecular formula is C18H21Br2N3O. The lowest BCUT2D eigenvalue weighted by molar-refractivity contribution is 0.215. The maximum Gasteiger partial charge on any atom is 0.228 e. The monoisotopic (exact) mass is 453 g/mol. The first kappa shape index (κ1) is 18.9. The smallest absolute Gasteiger partial charge is 0.228 e. The Kier molecular flexibility index (Phi) is 6.80. The van der Waals surface area contributed by atoms with Gasteiger partial charge in [0.2, 0.25) is 5.88 Å². The average Bonchev–Trinajstić information content (AvgIpc) is 2.56. The molecular weight excluding hydrogens is 434 g/mol. The summed E-state index contributed by atoms with van der Waals surface area (Å²) in [4.78, 5) is 11.0. The summed E-state index contributed by atoms with van der Waals surface area (Å²) in [5.74, 6) is 0.568. The number of rotatable bonds is 6. The number of hydrogen-bond acceptors (Lipinski definition) is 3. The molecule has 0 fully saturated rings. The fraction of sp³-hybridized carbons (Fsp3) is 0.333. The molecule has 1 aromatic carbocycles. The molecule has 2 rings (SSSR count). The normalized spacial score (nSPS) is 12.4. The molecule has 0 aliphatic heterocycles. The second-order valence-corrected chi connectivity index (χ2v) is 7.19. The van der Waals surface area contributed by atoms with E-state index < -0.39 is 0 Å². The molecule has 1 atom stereocenters. The number of benzene rings is 1. The summed E-state index contributed by atoms with van der Waals surface area (Å²) in [6.07, 6.45) is 1.69. The van der Waals surface area contributed by atoms with E-state index >= 15 is 0 Å². The lowest BCUT2D eigenvalue weighted by atomic mass is 10.1. The minimum absolute atomic E-state index is 0.121. The molecule has 4 nitrogen and oxygen atoms in total. The summed E-state index contributed by atoms with van der Waals surface area (Å²) in [5.41, 5.74) is 2.73. The lowest BCUT2D eigenvalue weighted by Gasteiger charge is -2.17. The number of ether oxygens (including phenoxy) is 1. The fourth-order valence-electron chi connectivity index (χ4n) is 2.04. The highest BCUT2D eigenvalue weighted by atomic mass is 79.9. The van der Waals surface area contributed by atoms with Gasteiger partial charge in [0, 0.05) is 23.6 Å². The van der Waals surface area contributed by atoms with Gasteiger partial charge in [0.05, 0.1) is 22.2 Å². The van der Waals surface area contributed by atoms with Gasteiger partial charge in [-0.25, -0.2) is 9.98 Å². The van der Waals surface area contributed by atoms with Crippen molar-refractivity contribution in [3.63, 3.8) is 0 Å². The van der Waals surface area contributed by atoms with E-state index in [0.717, 1.165) is 32.4 Å². The molecule has 0 aliphatic rings. The molecule has 24 heavy (non-hydrogen) atoms. The zero-order valence-electron chi connectivity index (χ0n) is 14.3. The van der Waals surface area contributed by atoms with Crippen LogP contribution in [0.5, 0.6) is 5.88 Å². The predicted molar refractivity (Wildman–Crippen MR) is 106 cm³/mol. The highest BCUT2D eigenvalue weighted by Gasteiger charge is 2.15. The third-order valence-corrected chi connectivity index (χ3v) is 4.92. The summed E-state index contributed by atoms with van der Waals surface area (Å²) in [6, 6.07) is 9.96. The second kappa shape index (κ2) is 8.62. The summed E-state index contributed by atoms with van der Waals surface area (Å²) >= 11 is 7.10. The molecule has 0 amide bonds. The van der Waals surface area contributed by atoms with Crippen molar-refractivity contribution in [2.45, 2.75) is 26.9 Å². The highest BCUT2D eigenvalue weighted by Crippen LogP contribution is 2.33. The van der Waals surface area contributed by atoms with Crippen LogP contribution in [0.3, 0.4) is 0 Å². The van der Waals surface area contributed by atoms with Gasteiger partial charge in [0.1, 0.15) is 6.10 Å². The van der Waals surface area contributed by atoms with E-state index in [9.17, 15) is 0 Å². The lowest BCUT2D eigenvalue weighted by Crippen LogP contribution is -2.14. The van der Waals surface area contributed by atoms with Gasteiger partial charge < -0.3 is 9.64 Å². The van der Waals surface area contributed by atoms with E-state index in [2.05, 4.69) is 48.8 Å². The zero-order valence-corrected chi connectivity index (χ0v) is 17.4. The Morgan fingerprint density at radius 2 is 2.00 bits per heavy atom. The van der Waals surface area contributed by atoms with Crippen LogP contribution in [0, 0.1) is 6.92 Å². The fourth-order valence-corrected chi connectivity index (χ4v) is 3.05. The molecule has 0 radical (unpaired) electrons. The Hall–Kier alpha value is -1.40. The zero-order chi connectivity index (χ0) is 17.7. The predicted octanol–water partition coefficient (Wildman–Crippen LogP) is 5.67. The summed E-state index contributed by atoms with van der Waals surface area (Å²) < 4.78 is 7.86. The molecule has 0 aliphatic carbocycles. The van der Waals surface area contributed by atoms with Crippen molar-refractivity contribution >= 4 is 43.9 Å². The van der Waals surface area contributed by atoms with Crippen molar-refractivity contribution in [3.8, 4) is 5.88 Å². The number of hydrogen-bond donors (Lipinski definition) is 0. The molecule has 1 unspecified atom stereocenters. The summed E-state index contributed by atoms with van der Waals surface area (Å²) in [5, 5.41) is 0. The molecule has 128 valence electrons. The molecule has 2 aromatic rings. The van der Waals surface area contributed by atoms with Gasteiger partial charge in [0.15, 0.2) is 0 Å². The van der Waals surface area contributed by atoms with Gasteiger partial charge >= 0.3 is 0 Å². The molecule has 1 heterocycles. The Morgan fingerprint density at radius 3 is 2.67 bits per heavy atom. The average molecular weight is 455 g/mol. The third kappa shape index (κ3) is 4.80. The molecule has 0 saturated heterocycles. The Labute approximate surface area is 160 Å². The van der Waals surface area contributed by atoms with Gasteiger partial charge in [-0.1, -0.05) is 34.1 Å². The second-order valence-electron chi connectivity index (χ2n) is 5.48. The van der Waals surface area contributed by atoms with Gasteiger partial charge in [-0.15, -0.1) is 0 Å². The van der Waals surface area contributed by atoms with Crippen molar-refractivity contribution in [2.75, 3.05) is 13.6 Å². The maximum atomic E-state index is 6.04. The van der Waals surface area contributed by atoms with E-state index in [-0.39, 0.29) is 6.10 Å². The Morgan fingerprint density at radius 1 is 1.29 bits per heavy atom. The van der Waals surface area contributed by atoms with Crippen LogP contribution in [0.25, 0.3) is 0 Å². The number of aliphatic imine (C=N–C) groups is 1. The van der Waals surface area contributed by atoms with Crippen molar-refractivity contribution in [1.82, 2.24) is 9.88 Å². The van der Waals surface area contributed by atoms with E-state index in [4.69, 9.17) is 4.74 Å². The number of aryl methyl sites for hydroxylation is 1. The highest BCUT2D eigenvalue weighted by molar-refractivity contribution is 9.10. The minimum atomic E-state index is -0.121. The standard InChI is InChI=1S/C18H21Br2N3O/c1-5-23(4)11-21-17-10-16(20)18(22-12(17)2)24-13(3)14-8-6-7-9-15(14)19/h6-11,13H,5H2,1-4H3. The van der Waals surface area contributed by atoms with Gasteiger partial charge in [-0.3, -0.25) is 0 Å². The van der Waals surface area contributed by atoms with E-state index in [1.165, 1.54) is 0 Å². The third-order valence-electron chi connectivity index (χ3n) is 3.63. The van der Waals surface area contributed by atoms with Gasteiger partial charge in [-0.05, 0) is 48.8 Å². The van der Waals surface area contributed by atoms with Crippen molar-refractivity contribution in [3.05, 3.63) is 50.5 Å². The molecule has 0 saturated carbocycles. The molecule has 1 aromatic heterocycles. The molecule has 0 spiro atoms. The van der Waals surface area contributed by atoms with E-state index in [0.29, 0.717) is 5.88 Å². The van der Waals surface area contributed by atoms with Crippen molar-refractivity contribution in [2.24, 2.45) is 4.99 Å². The minimum Gasteiger partial charge on any atom is -0.469 e. The molecule has 0 N–H and O–H groups in total. The SMILES string of the molecule is CCN(C)C=Nc1cc(Br)c(OC(C)c2ccccc2Br)nc1C. The van der Waals surface area contributed by atoms with Gasteiger partial charge in [-0.2, -0.15) is 0 Å². The quantitative estimate of drug-likeness (QED) is 0.417. The molecule has 0 bridgehead atoms. The molecule has 6 heteroatoms. The van der Waals surface area contributed by atoms with Crippen molar-refractivity contribution in [1.29, 1.82) is 0 Å². The Bertz CT molecular complexity index is 734. The number of aromatic nitrogens is 1. The maximum absolute atomic E-state index is 6.04. The van der Waals surface area contributed by atoms with Crippen LogP contribution in [0.15, 0.2) is 44.3 Å². The summed E-state index contributed by atoms with van der Waals surface area (Å²) in [6.45, 7) is 6.92. The van der Waals surface area contributed by atoms with Crippen LogP contribution < -0.4 is 4.74 Å². The van der Waals surface area contributed by atoms with Crippen LogP contribution in [-0.4, -0.2) is 29.8 Å². The van der Waals surface area contributed by atoms with Crippen LogP contribution in [0.4, 0.5) is 5.69 Å². The van der Waals surface area contributed by atoms with E-state index in [1.807, 2.05) is 56.1 Å². The first-order valence-corrected chi connectivity index (χ1v) is 9.33. The van der Waals surface area contributed by atoms with Crippen LogP contribution >= 0.6 is 31.9 Å². The number of halogens is 2. The van der Waals surface area contributed by atoms with Crippen LogP contribution in [0.2, 0.25) is 0 Å². The van der Waals surface area contributed by atoms with Gasteiger partial charge in [0.25, 0.3) is 0 Å². The Balaban J connectivity index is 2.22. The van der Waals surface area contributed by atoms with Crippen LogP contribution in [0.1, 0.15) is 31.2 Å². The van der Waals surface area contributed by atoms with E-state index in [1.54, 1.807) is 6.34 Å². The topological polar surface area (TPSA) is 37.7 Å². The number of nitrogens with zero attached hydrogens (tertiary/aromatic N) is 3. The first-order valence-electron chi connectivity index (χ1n) is 7.75. The largest absolute Gasteiger partial charge is 0.469 e. The number of pyridine rings is 1. The van der Waals surface area contributed by atoms with Crippen molar-refractivity contribution < 1.29 is 4.74 Å². The van der Waals surface area contributed by atoms with Crippen LogP contribution in [-0.2, 0) is 0 Å². The summed E-state index contributed by atoms with van der Waals surface area (Å²) in [7, 11) is 1.98. The first-order chi connectivity index (χ1) is 11.4.